The molecule has 1 aliphatic rings. The third-order valence-electron chi connectivity index (χ3n) is 8.42. The molecule has 49 heavy (non-hydrogen) atoms. The number of anilines is 1. The molecule has 0 saturated heterocycles. The number of hydrogen-bond donors (Lipinski definition) is 1. The molecule has 1 aliphatic carbocycles. The highest BCUT2D eigenvalue weighted by atomic mass is 35.5. The Morgan fingerprint density at radius 1 is 0.878 bits per heavy atom. The number of amides is 2. The van der Waals surface area contributed by atoms with Crippen molar-refractivity contribution in [2.45, 2.75) is 61.8 Å². The molecule has 7 nitrogen and oxygen atoms in total. The van der Waals surface area contributed by atoms with Crippen LogP contribution in [0.15, 0.2) is 108 Å². The topological polar surface area (TPSA) is 86.8 Å². The Labute approximate surface area is 287 Å². The van der Waals surface area contributed by atoms with Crippen LogP contribution in [0.3, 0.4) is 0 Å². The Kier molecular flexibility index (Phi) is 11.3. The van der Waals surface area contributed by atoms with Crippen molar-refractivity contribution in [1.82, 2.24) is 10.2 Å². The van der Waals surface area contributed by atoms with Crippen molar-refractivity contribution >= 4 is 39.1 Å². The van der Waals surface area contributed by atoms with Crippen LogP contribution in [0.4, 0.5) is 23.2 Å². The molecule has 4 aromatic rings. The van der Waals surface area contributed by atoms with E-state index in [1.807, 2.05) is 0 Å². The first-order valence-corrected chi connectivity index (χ1v) is 17.5. The normalized spacial score (nSPS) is 14.3. The number of nitrogens with zero attached hydrogens (tertiary/aromatic N) is 2. The summed E-state index contributed by atoms with van der Waals surface area (Å²) in [6.45, 7) is -1.48. The van der Waals surface area contributed by atoms with Gasteiger partial charge in [0.05, 0.1) is 21.2 Å². The van der Waals surface area contributed by atoms with Crippen molar-refractivity contribution in [3.63, 3.8) is 0 Å². The zero-order valence-electron chi connectivity index (χ0n) is 26.2. The fourth-order valence-corrected chi connectivity index (χ4v) is 7.56. The van der Waals surface area contributed by atoms with E-state index in [9.17, 15) is 31.2 Å². The molecule has 1 saturated carbocycles. The molecule has 13 heteroatoms. The quantitative estimate of drug-likeness (QED) is 0.155. The highest BCUT2D eigenvalue weighted by Gasteiger charge is 2.38. The zero-order chi connectivity index (χ0) is 35.2. The number of nitrogens with one attached hydrogen (secondary N) is 1. The summed E-state index contributed by atoms with van der Waals surface area (Å²) in [7, 11) is -4.71. The van der Waals surface area contributed by atoms with E-state index in [1.165, 1.54) is 42.5 Å². The van der Waals surface area contributed by atoms with Gasteiger partial charge in [-0.05, 0) is 54.8 Å². The van der Waals surface area contributed by atoms with Crippen molar-refractivity contribution in [2.24, 2.45) is 0 Å². The summed E-state index contributed by atoms with van der Waals surface area (Å²) in [5.41, 5.74) is -1.05. The SMILES string of the molecule is O=C(NC1CCCC1)[C@@H](Cc1ccccc1)N(Cc1ccccc1F)C(=O)CN(c1cc(C(F)(F)F)ccc1Cl)S(=O)(=O)c1ccccc1. The third kappa shape index (κ3) is 8.79. The van der Waals surface area contributed by atoms with Gasteiger partial charge in [-0.2, -0.15) is 13.2 Å². The molecule has 0 aromatic heterocycles. The van der Waals surface area contributed by atoms with Crippen LogP contribution in [0.5, 0.6) is 0 Å². The highest BCUT2D eigenvalue weighted by molar-refractivity contribution is 7.92. The molecule has 0 spiro atoms. The van der Waals surface area contributed by atoms with Crippen molar-refractivity contribution in [1.29, 1.82) is 0 Å². The van der Waals surface area contributed by atoms with E-state index in [-0.39, 0.29) is 27.9 Å². The van der Waals surface area contributed by atoms with E-state index in [2.05, 4.69) is 5.32 Å². The monoisotopic (exact) mass is 715 g/mol. The van der Waals surface area contributed by atoms with Gasteiger partial charge in [0.2, 0.25) is 11.8 Å². The number of benzene rings is 4. The first-order chi connectivity index (χ1) is 23.3. The molecule has 1 atom stereocenters. The van der Waals surface area contributed by atoms with E-state index in [0.29, 0.717) is 22.0 Å². The second kappa shape index (κ2) is 15.4. The van der Waals surface area contributed by atoms with E-state index < -0.39 is 64.2 Å². The predicted molar refractivity (Wildman–Crippen MR) is 179 cm³/mol. The fourth-order valence-electron chi connectivity index (χ4n) is 5.84. The first-order valence-electron chi connectivity index (χ1n) is 15.7. The van der Waals surface area contributed by atoms with Gasteiger partial charge in [0, 0.05) is 24.6 Å². The number of alkyl halides is 3. The second-order valence-corrected chi connectivity index (χ2v) is 14.1. The average Bonchev–Trinajstić information content (AvgIpc) is 3.59. The molecular formula is C36H34ClF4N3O4S. The summed E-state index contributed by atoms with van der Waals surface area (Å²) < 4.78 is 85.4. The van der Waals surface area contributed by atoms with E-state index in [0.717, 1.165) is 36.6 Å². The Balaban J connectivity index is 1.62. The lowest BCUT2D eigenvalue weighted by molar-refractivity contribution is -0.140. The minimum absolute atomic E-state index is 0.00463. The summed E-state index contributed by atoms with van der Waals surface area (Å²) in [5.74, 6) is -2.14. The van der Waals surface area contributed by atoms with E-state index >= 15 is 4.39 Å². The first kappa shape index (κ1) is 35.9. The largest absolute Gasteiger partial charge is 0.416 e. The minimum Gasteiger partial charge on any atom is -0.352 e. The van der Waals surface area contributed by atoms with Gasteiger partial charge in [0.15, 0.2) is 0 Å². The van der Waals surface area contributed by atoms with Crippen LogP contribution in [-0.2, 0) is 38.8 Å². The Morgan fingerprint density at radius 2 is 1.49 bits per heavy atom. The molecular weight excluding hydrogens is 682 g/mol. The summed E-state index contributed by atoms with van der Waals surface area (Å²) >= 11 is 6.35. The van der Waals surface area contributed by atoms with Crippen LogP contribution in [0.25, 0.3) is 0 Å². The molecule has 0 aliphatic heterocycles. The molecule has 1 N–H and O–H groups in total. The number of halogens is 5. The number of carbonyl (C=O) groups is 2. The van der Waals surface area contributed by atoms with Crippen LogP contribution in [0.2, 0.25) is 5.02 Å². The van der Waals surface area contributed by atoms with E-state index in [4.69, 9.17) is 11.6 Å². The maximum Gasteiger partial charge on any atom is 0.416 e. The van der Waals surface area contributed by atoms with Crippen LogP contribution < -0.4 is 9.62 Å². The van der Waals surface area contributed by atoms with Crippen molar-refractivity contribution in [3.05, 3.63) is 131 Å². The maximum absolute atomic E-state index is 15.1. The lowest BCUT2D eigenvalue weighted by atomic mass is 10.0. The summed E-state index contributed by atoms with van der Waals surface area (Å²) in [6.07, 6.45) is -1.56. The van der Waals surface area contributed by atoms with Gasteiger partial charge < -0.3 is 10.2 Å². The molecule has 0 radical (unpaired) electrons. The molecule has 0 bridgehead atoms. The predicted octanol–water partition coefficient (Wildman–Crippen LogP) is 7.39. The number of rotatable bonds is 12. The molecule has 0 unspecified atom stereocenters. The lowest BCUT2D eigenvalue weighted by Gasteiger charge is -2.34. The Hall–Kier alpha value is -4.42. The van der Waals surface area contributed by atoms with Gasteiger partial charge in [-0.1, -0.05) is 91.2 Å². The number of hydrogen-bond acceptors (Lipinski definition) is 4. The Bertz CT molecular complexity index is 1870. The van der Waals surface area contributed by atoms with Crippen LogP contribution in [-0.4, -0.2) is 43.8 Å². The van der Waals surface area contributed by atoms with Gasteiger partial charge in [-0.25, -0.2) is 12.8 Å². The van der Waals surface area contributed by atoms with Crippen LogP contribution in [0.1, 0.15) is 42.4 Å². The molecule has 258 valence electrons. The lowest BCUT2D eigenvalue weighted by Crippen LogP contribution is -2.54. The highest BCUT2D eigenvalue weighted by Crippen LogP contribution is 2.37. The van der Waals surface area contributed by atoms with Crippen molar-refractivity contribution in [2.75, 3.05) is 10.8 Å². The smallest absolute Gasteiger partial charge is 0.352 e. The van der Waals surface area contributed by atoms with Gasteiger partial charge in [0.1, 0.15) is 18.4 Å². The molecule has 1 fully saturated rings. The van der Waals surface area contributed by atoms with Gasteiger partial charge in [-0.3, -0.25) is 13.9 Å². The van der Waals surface area contributed by atoms with Crippen molar-refractivity contribution < 1.29 is 35.6 Å². The third-order valence-corrected chi connectivity index (χ3v) is 10.5. The van der Waals surface area contributed by atoms with Crippen molar-refractivity contribution in [3.8, 4) is 0 Å². The number of carbonyl (C=O) groups excluding carboxylic acids is 2. The molecule has 0 heterocycles. The standard InChI is InChI=1S/C36H34ClF4N3O4S/c37-30-20-19-27(36(39,40)41)22-32(30)44(49(47,48)29-16-5-2-6-17-29)24-34(45)43(23-26-13-7-10-18-31(26)38)33(21-25-11-3-1-4-12-25)35(46)42-28-14-8-9-15-28/h1-7,10-13,16-20,22,28,33H,8-9,14-15,21,23-24H2,(H,42,46)/t33-/m1/s1. The van der Waals surface area contributed by atoms with Crippen LogP contribution >= 0.6 is 11.6 Å². The zero-order valence-corrected chi connectivity index (χ0v) is 27.8. The molecule has 4 aromatic carbocycles. The summed E-state index contributed by atoms with van der Waals surface area (Å²) in [4.78, 5) is 29.3. The van der Waals surface area contributed by atoms with Crippen LogP contribution in [0, 0.1) is 5.82 Å². The summed E-state index contributed by atoms with van der Waals surface area (Å²) in [5, 5.41) is 2.64. The average molecular weight is 716 g/mol. The Morgan fingerprint density at radius 3 is 2.12 bits per heavy atom. The van der Waals surface area contributed by atoms with E-state index in [1.54, 1.807) is 42.5 Å². The summed E-state index contributed by atoms with van der Waals surface area (Å²) in [6, 6.07) is 22.1. The second-order valence-electron chi connectivity index (χ2n) is 11.8. The fraction of sp³-hybridized carbons (Fsp3) is 0.278. The molecule has 2 amide bonds. The van der Waals surface area contributed by atoms with Gasteiger partial charge in [-0.15, -0.1) is 0 Å². The molecule has 5 rings (SSSR count). The maximum atomic E-state index is 15.1. The van der Waals surface area contributed by atoms with Gasteiger partial charge >= 0.3 is 6.18 Å². The number of sulfonamides is 1. The minimum atomic E-state index is -4.86. The van der Waals surface area contributed by atoms with Gasteiger partial charge in [0.25, 0.3) is 10.0 Å².